The molecule has 2 aromatic carbocycles. The van der Waals surface area contributed by atoms with Crippen LogP contribution in [0.1, 0.15) is 18.9 Å². The third kappa shape index (κ3) is 6.08. The Morgan fingerprint density at radius 3 is 2.45 bits per heavy atom. The van der Waals surface area contributed by atoms with Crippen LogP contribution in [0.2, 0.25) is 0 Å². The number of hydrogen-bond acceptors (Lipinski definition) is 2. The Kier molecular flexibility index (Phi) is 7.26. The lowest BCUT2D eigenvalue weighted by Crippen LogP contribution is -2.29. The molecule has 2 nitrogen and oxygen atoms in total. The summed E-state index contributed by atoms with van der Waals surface area (Å²) in [6.45, 7) is 3.04. The Morgan fingerprint density at radius 2 is 1.77 bits per heavy atom. The van der Waals surface area contributed by atoms with Gasteiger partial charge in [-0.25, -0.2) is 0 Å². The number of thioether (sulfide) groups is 1. The summed E-state index contributed by atoms with van der Waals surface area (Å²) in [5.74, 6) is 1.09. The third-order valence-electron chi connectivity index (χ3n) is 3.24. The topological polar surface area (TPSA) is 24.1 Å². The Hall–Kier alpha value is -1.52. The van der Waals surface area contributed by atoms with Crippen molar-refractivity contribution in [2.45, 2.75) is 24.7 Å². The second-order valence-corrected chi connectivity index (χ2v) is 6.52. The van der Waals surface area contributed by atoms with Crippen LogP contribution in [0.3, 0.4) is 0 Å². The number of benzene rings is 2. The van der Waals surface area contributed by atoms with Crippen molar-refractivity contribution in [2.75, 3.05) is 17.6 Å². The lowest BCUT2D eigenvalue weighted by molar-refractivity contribution is 0.854. The number of rotatable bonds is 7. The lowest BCUT2D eigenvalue weighted by atomic mass is 10.1. The molecule has 0 unspecified atom stereocenters. The Balaban J connectivity index is 1.61. The maximum atomic E-state index is 5.31. The summed E-state index contributed by atoms with van der Waals surface area (Å²) in [4.78, 5) is 1.32. The molecule has 0 heterocycles. The molecular weight excluding hydrogens is 308 g/mol. The fourth-order valence-corrected chi connectivity index (χ4v) is 3.07. The normalized spacial score (nSPS) is 10.2. The molecule has 0 radical (unpaired) electrons. The van der Waals surface area contributed by atoms with Gasteiger partial charge in [0.05, 0.1) is 0 Å². The van der Waals surface area contributed by atoms with Crippen molar-refractivity contribution in [1.29, 1.82) is 0 Å². The predicted molar refractivity (Wildman–Crippen MR) is 102 cm³/mol. The molecule has 0 aliphatic heterocycles. The molecule has 0 aromatic heterocycles. The fourth-order valence-electron chi connectivity index (χ4n) is 1.98. The number of nitrogens with one attached hydrogen (secondary N) is 2. The minimum atomic E-state index is 0.689. The van der Waals surface area contributed by atoms with Crippen molar-refractivity contribution in [3.63, 3.8) is 0 Å². The predicted octanol–water partition coefficient (Wildman–Crippen LogP) is 4.72. The summed E-state index contributed by atoms with van der Waals surface area (Å²) < 4.78 is 0. The molecule has 0 aliphatic rings. The van der Waals surface area contributed by atoms with Crippen molar-refractivity contribution in [2.24, 2.45) is 0 Å². The van der Waals surface area contributed by atoms with Gasteiger partial charge in [0.25, 0.3) is 0 Å². The molecule has 0 fully saturated rings. The highest BCUT2D eigenvalue weighted by atomic mass is 32.2. The zero-order valence-corrected chi connectivity index (χ0v) is 14.5. The van der Waals surface area contributed by atoms with Gasteiger partial charge in [-0.3, -0.25) is 0 Å². The zero-order chi connectivity index (χ0) is 15.6. The van der Waals surface area contributed by atoms with Gasteiger partial charge in [-0.15, -0.1) is 11.8 Å². The molecule has 4 heteroatoms. The fraction of sp³-hybridized carbons (Fsp3) is 0.278. The van der Waals surface area contributed by atoms with Crippen molar-refractivity contribution in [3.05, 3.63) is 60.2 Å². The first-order valence-electron chi connectivity index (χ1n) is 7.59. The molecule has 0 saturated heterocycles. The van der Waals surface area contributed by atoms with Crippen LogP contribution in [0.5, 0.6) is 0 Å². The summed E-state index contributed by atoms with van der Waals surface area (Å²) >= 11 is 7.19. The Morgan fingerprint density at radius 1 is 1.05 bits per heavy atom. The lowest BCUT2D eigenvalue weighted by Gasteiger charge is -2.10. The molecule has 0 amide bonds. The van der Waals surface area contributed by atoms with Crippen molar-refractivity contribution < 1.29 is 0 Å². The maximum Gasteiger partial charge on any atom is 0.170 e. The van der Waals surface area contributed by atoms with Gasteiger partial charge in [-0.2, -0.15) is 0 Å². The summed E-state index contributed by atoms with van der Waals surface area (Å²) in [5, 5.41) is 7.16. The number of aryl methyl sites for hydroxylation is 1. The second-order valence-electron chi connectivity index (χ2n) is 4.95. The molecular formula is C18H22N2S2. The van der Waals surface area contributed by atoms with Gasteiger partial charge >= 0.3 is 0 Å². The maximum absolute atomic E-state index is 5.31. The van der Waals surface area contributed by atoms with Crippen LogP contribution in [-0.4, -0.2) is 17.4 Å². The van der Waals surface area contributed by atoms with Crippen LogP contribution >= 0.6 is 24.0 Å². The molecule has 116 valence electrons. The number of anilines is 1. The highest BCUT2D eigenvalue weighted by Gasteiger charge is 1.98. The van der Waals surface area contributed by atoms with Gasteiger partial charge in [0.1, 0.15) is 0 Å². The molecule has 22 heavy (non-hydrogen) atoms. The highest BCUT2D eigenvalue weighted by Crippen LogP contribution is 2.17. The Bertz CT molecular complexity index is 567. The summed E-state index contributed by atoms with van der Waals surface area (Å²) in [6.07, 6.45) is 2.14. The van der Waals surface area contributed by atoms with Gasteiger partial charge in [0.2, 0.25) is 0 Å². The zero-order valence-electron chi connectivity index (χ0n) is 12.8. The van der Waals surface area contributed by atoms with E-state index in [4.69, 9.17) is 12.2 Å². The molecule has 2 rings (SSSR count). The standard InChI is InChI=1S/C18H22N2S2/c1-2-15-9-11-16(12-10-15)20-18(21)19-13-6-14-22-17-7-4-3-5-8-17/h3-5,7-12H,2,6,13-14H2,1H3,(H2,19,20,21). The first-order chi connectivity index (χ1) is 10.8. The highest BCUT2D eigenvalue weighted by molar-refractivity contribution is 7.99. The van der Waals surface area contributed by atoms with Crippen molar-refractivity contribution in [1.82, 2.24) is 5.32 Å². The summed E-state index contributed by atoms with van der Waals surface area (Å²) in [7, 11) is 0. The monoisotopic (exact) mass is 330 g/mol. The molecule has 0 aliphatic carbocycles. The first kappa shape index (κ1) is 16.8. The molecule has 0 atom stereocenters. The summed E-state index contributed by atoms with van der Waals surface area (Å²) in [5.41, 5.74) is 2.37. The van der Waals surface area contributed by atoms with Gasteiger partial charge in [-0.1, -0.05) is 37.3 Å². The van der Waals surface area contributed by atoms with E-state index < -0.39 is 0 Å². The smallest absolute Gasteiger partial charge is 0.170 e. The molecule has 0 bridgehead atoms. The van der Waals surface area contributed by atoms with Crippen LogP contribution in [0.25, 0.3) is 0 Å². The van der Waals surface area contributed by atoms with Gasteiger partial charge < -0.3 is 10.6 Å². The minimum Gasteiger partial charge on any atom is -0.362 e. The van der Waals surface area contributed by atoms with Gasteiger partial charge in [-0.05, 0) is 60.6 Å². The van der Waals surface area contributed by atoms with Crippen LogP contribution in [0.4, 0.5) is 5.69 Å². The molecule has 0 saturated carbocycles. The second kappa shape index (κ2) is 9.49. The largest absolute Gasteiger partial charge is 0.362 e. The van der Waals surface area contributed by atoms with E-state index in [0.717, 1.165) is 30.8 Å². The SMILES string of the molecule is CCc1ccc(NC(=S)NCCCSc2ccccc2)cc1. The van der Waals surface area contributed by atoms with E-state index in [1.807, 2.05) is 17.8 Å². The first-order valence-corrected chi connectivity index (χ1v) is 8.99. The average molecular weight is 331 g/mol. The van der Waals surface area contributed by atoms with Crippen LogP contribution in [0, 0.1) is 0 Å². The van der Waals surface area contributed by atoms with Crippen LogP contribution in [0.15, 0.2) is 59.5 Å². The van der Waals surface area contributed by atoms with Crippen molar-refractivity contribution >= 4 is 34.8 Å². The van der Waals surface area contributed by atoms with E-state index in [-0.39, 0.29) is 0 Å². The minimum absolute atomic E-state index is 0.689. The molecule has 2 N–H and O–H groups in total. The average Bonchev–Trinajstić information content (AvgIpc) is 2.56. The van der Waals surface area contributed by atoms with E-state index in [0.29, 0.717) is 5.11 Å². The number of thiocarbonyl (C=S) groups is 1. The number of hydrogen-bond donors (Lipinski definition) is 2. The van der Waals surface area contributed by atoms with Gasteiger partial charge in [0.15, 0.2) is 5.11 Å². The summed E-state index contributed by atoms with van der Waals surface area (Å²) in [6, 6.07) is 18.9. The van der Waals surface area contributed by atoms with E-state index in [9.17, 15) is 0 Å². The van der Waals surface area contributed by atoms with Crippen LogP contribution < -0.4 is 10.6 Å². The molecule has 2 aromatic rings. The molecule has 0 spiro atoms. The quantitative estimate of drug-likeness (QED) is 0.436. The van der Waals surface area contributed by atoms with E-state index in [2.05, 4.69) is 66.1 Å². The third-order valence-corrected chi connectivity index (χ3v) is 4.58. The van der Waals surface area contributed by atoms with E-state index in [1.165, 1.54) is 10.5 Å². The van der Waals surface area contributed by atoms with E-state index in [1.54, 1.807) is 0 Å². The van der Waals surface area contributed by atoms with Crippen molar-refractivity contribution in [3.8, 4) is 0 Å². The van der Waals surface area contributed by atoms with Crippen LogP contribution in [-0.2, 0) is 6.42 Å². The van der Waals surface area contributed by atoms with E-state index >= 15 is 0 Å². The Labute approximate surface area is 142 Å². The van der Waals surface area contributed by atoms with Gasteiger partial charge in [0, 0.05) is 17.1 Å².